The van der Waals surface area contributed by atoms with Crippen LogP contribution in [0.3, 0.4) is 0 Å². The molecule has 2 aliphatic carbocycles. The summed E-state index contributed by atoms with van der Waals surface area (Å²) in [5.74, 6) is -4.22. The molecule has 0 N–H and O–H groups in total. The molecule has 4 rings (SSSR count). The van der Waals surface area contributed by atoms with Gasteiger partial charge in [-0.25, -0.2) is 22.4 Å². The molecule has 2 saturated carbocycles. The Morgan fingerprint density at radius 3 is 1.97 bits per heavy atom. The third-order valence-electron chi connectivity index (χ3n) is 7.88. The van der Waals surface area contributed by atoms with Crippen LogP contribution in [-0.4, -0.2) is 5.97 Å². The maximum atomic E-state index is 14.7. The summed E-state index contributed by atoms with van der Waals surface area (Å²) in [4.78, 5) is 12.3. The van der Waals surface area contributed by atoms with Gasteiger partial charge in [0.15, 0.2) is 17.5 Å². The molecule has 0 aromatic heterocycles. The Balaban J connectivity index is 1.33. The van der Waals surface area contributed by atoms with E-state index < -0.39 is 35.0 Å². The van der Waals surface area contributed by atoms with Crippen LogP contribution in [0.25, 0.3) is 0 Å². The van der Waals surface area contributed by atoms with E-state index in [-0.39, 0.29) is 11.5 Å². The maximum Gasteiger partial charge on any atom is 0.346 e. The first-order valence-corrected chi connectivity index (χ1v) is 12.5. The minimum atomic E-state index is -1.66. The number of carbonyl (C=O) groups is 1. The van der Waals surface area contributed by atoms with Crippen molar-refractivity contribution >= 4 is 5.97 Å². The summed E-state index contributed by atoms with van der Waals surface area (Å²) in [5, 5.41) is 0. The second-order valence-corrected chi connectivity index (χ2v) is 10.0. The number of ether oxygens (including phenoxy) is 1. The zero-order valence-electron chi connectivity index (χ0n) is 19.6. The summed E-state index contributed by atoms with van der Waals surface area (Å²) in [7, 11) is 0. The second kappa shape index (κ2) is 10.9. The van der Waals surface area contributed by atoms with Crippen LogP contribution in [0.1, 0.15) is 93.0 Å². The van der Waals surface area contributed by atoms with Crippen molar-refractivity contribution in [3.8, 4) is 5.75 Å². The Bertz CT molecular complexity index is 982. The van der Waals surface area contributed by atoms with Crippen LogP contribution in [0.15, 0.2) is 30.3 Å². The summed E-state index contributed by atoms with van der Waals surface area (Å²) in [6.45, 7) is 2.26. The third-order valence-corrected chi connectivity index (χ3v) is 7.88. The molecule has 0 spiro atoms. The van der Waals surface area contributed by atoms with E-state index in [1.165, 1.54) is 50.7 Å². The molecule has 0 heterocycles. The molecular weight excluding hydrogens is 444 g/mol. The number of rotatable bonds is 6. The van der Waals surface area contributed by atoms with Crippen molar-refractivity contribution < 1.29 is 27.1 Å². The van der Waals surface area contributed by atoms with Crippen molar-refractivity contribution in [2.45, 2.75) is 77.0 Å². The van der Waals surface area contributed by atoms with Crippen molar-refractivity contribution in [2.24, 2.45) is 17.8 Å². The summed E-state index contributed by atoms with van der Waals surface area (Å²) in [6, 6.07) is 5.55. The molecule has 34 heavy (non-hydrogen) atoms. The summed E-state index contributed by atoms with van der Waals surface area (Å²) >= 11 is 0. The van der Waals surface area contributed by atoms with E-state index in [4.69, 9.17) is 4.74 Å². The standard InChI is InChI=1S/C28H32F4O2/c1-2-3-17-4-6-18(7-5-17)19-8-10-20(11-9-19)21-12-13-23(24(29)14-21)28(33)34-22-15-25(30)27(32)26(31)16-22/h12-20H,2-11H2,1H3. The lowest BCUT2D eigenvalue weighted by Gasteiger charge is -2.38. The minimum Gasteiger partial charge on any atom is -0.423 e. The first-order chi connectivity index (χ1) is 16.4. The highest BCUT2D eigenvalue weighted by Crippen LogP contribution is 2.44. The molecule has 6 heteroatoms. The number of hydrogen-bond donors (Lipinski definition) is 0. The zero-order chi connectivity index (χ0) is 24.2. The van der Waals surface area contributed by atoms with Gasteiger partial charge in [0, 0.05) is 12.1 Å². The molecule has 0 radical (unpaired) electrons. The minimum absolute atomic E-state index is 0.257. The first-order valence-electron chi connectivity index (χ1n) is 12.5. The van der Waals surface area contributed by atoms with Crippen molar-refractivity contribution in [2.75, 3.05) is 0 Å². The monoisotopic (exact) mass is 476 g/mol. The number of benzene rings is 2. The Labute approximate surface area is 198 Å². The largest absolute Gasteiger partial charge is 0.423 e. The first kappa shape index (κ1) is 24.7. The lowest BCUT2D eigenvalue weighted by atomic mass is 9.68. The highest BCUT2D eigenvalue weighted by atomic mass is 19.2. The Kier molecular flexibility index (Phi) is 7.95. The Hall–Kier alpha value is -2.37. The SMILES string of the molecule is CCCC1CCC(C2CCC(c3ccc(C(=O)Oc4cc(F)c(F)c(F)c4)c(F)c3)CC2)CC1. The van der Waals surface area contributed by atoms with E-state index >= 15 is 0 Å². The van der Waals surface area contributed by atoms with Gasteiger partial charge in [-0.3, -0.25) is 0 Å². The second-order valence-electron chi connectivity index (χ2n) is 10.0. The van der Waals surface area contributed by atoms with Crippen LogP contribution in [0.2, 0.25) is 0 Å². The smallest absolute Gasteiger partial charge is 0.346 e. The Morgan fingerprint density at radius 2 is 1.41 bits per heavy atom. The fraction of sp³-hybridized carbons (Fsp3) is 0.536. The molecule has 2 nitrogen and oxygen atoms in total. The van der Waals surface area contributed by atoms with Gasteiger partial charge in [-0.1, -0.05) is 38.7 Å². The van der Waals surface area contributed by atoms with Gasteiger partial charge in [0.1, 0.15) is 11.6 Å². The van der Waals surface area contributed by atoms with Crippen LogP contribution in [0.4, 0.5) is 17.6 Å². The predicted molar refractivity (Wildman–Crippen MR) is 123 cm³/mol. The van der Waals surface area contributed by atoms with Gasteiger partial charge in [0.05, 0.1) is 5.56 Å². The molecule has 0 atom stereocenters. The fourth-order valence-corrected chi connectivity index (χ4v) is 5.98. The van der Waals surface area contributed by atoms with E-state index in [0.717, 1.165) is 49.0 Å². The molecule has 0 saturated heterocycles. The van der Waals surface area contributed by atoms with Gasteiger partial charge < -0.3 is 4.74 Å². The molecule has 2 aromatic carbocycles. The van der Waals surface area contributed by atoms with Crippen LogP contribution >= 0.6 is 0 Å². The zero-order valence-corrected chi connectivity index (χ0v) is 19.6. The lowest BCUT2D eigenvalue weighted by Crippen LogP contribution is -2.25. The number of carbonyl (C=O) groups excluding carboxylic acids is 1. The van der Waals surface area contributed by atoms with Gasteiger partial charge >= 0.3 is 5.97 Å². The van der Waals surface area contributed by atoms with E-state index in [1.54, 1.807) is 6.07 Å². The average Bonchev–Trinajstić information content (AvgIpc) is 2.83. The molecular formula is C28H32F4O2. The van der Waals surface area contributed by atoms with Gasteiger partial charge in [0.2, 0.25) is 0 Å². The van der Waals surface area contributed by atoms with E-state index in [0.29, 0.717) is 12.1 Å². The van der Waals surface area contributed by atoms with Crippen LogP contribution < -0.4 is 4.74 Å². The highest BCUT2D eigenvalue weighted by molar-refractivity contribution is 5.91. The van der Waals surface area contributed by atoms with Crippen molar-refractivity contribution in [1.29, 1.82) is 0 Å². The molecule has 0 unspecified atom stereocenters. The van der Waals surface area contributed by atoms with E-state index in [9.17, 15) is 22.4 Å². The quantitative estimate of drug-likeness (QED) is 0.181. The van der Waals surface area contributed by atoms with Crippen molar-refractivity contribution in [3.05, 3.63) is 64.7 Å². The number of esters is 1. The number of hydrogen-bond acceptors (Lipinski definition) is 2. The van der Waals surface area contributed by atoms with E-state index in [1.807, 2.05) is 0 Å². The van der Waals surface area contributed by atoms with Crippen molar-refractivity contribution in [1.82, 2.24) is 0 Å². The predicted octanol–water partition coefficient (Wildman–Crippen LogP) is 8.34. The van der Waals surface area contributed by atoms with Crippen LogP contribution in [0, 0.1) is 41.0 Å². The van der Waals surface area contributed by atoms with Crippen molar-refractivity contribution in [3.63, 3.8) is 0 Å². The molecule has 2 aromatic rings. The molecule has 0 aliphatic heterocycles. The summed E-state index contributed by atoms with van der Waals surface area (Å²) in [6.07, 6.45) is 12.4. The molecule has 0 bridgehead atoms. The fourth-order valence-electron chi connectivity index (χ4n) is 5.98. The molecule has 2 aliphatic rings. The topological polar surface area (TPSA) is 26.3 Å². The van der Waals surface area contributed by atoms with Crippen LogP contribution in [-0.2, 0) is 0 Å². The molecule has 2 fully saturated rings. The normalized spacial score (nSPS) is 25.2. The number of halogens is 4. The molecule has 0 amide bonds. The summed E-state index contributed by atoms with van der Waals surface area (Å²) < 4.78 is 59.4. The van der Waals surface area contributed by atoms with Crippen LogP contribution in [0.5, 0.6) is 5.75 Å². The Morgan fingerprint density at radius 1 is 0.824 bits per heavy atom. The third kappa shape index (κ3) is 5.64. The van der Waals surface area contributed by atoms with Gasteiger partial charge in [-0.05, 0) is 79.9 Å². The summed E-state index contributed by atoms with van der Waals surface area (Å²) in [5.41, 5.74) is 0.532. The highest BCUT2D eigenvalue weighted by Gasteiger charge is 2.31. The molecule has 184 valence electrons. The average molecular weight is 477 g/mol. The van der Waals surface area contributed by atoms with E-state index in [2.05, 4.69) is 6.92 Å². The van der Waals surface area contributed by atoms with Gasteiger partial charge in [-0.15, -0.1) is 0 Å². The lowest BCUT2D eigenvalue weighted by molar-refractivity contribution is 0.0728. The maximum absolute atomic E-state index is 14.7. The van der Waals surface area contributed by atoms with Gasteiger partial charge in [-0.2, -0.15) is 0 Å². The van der Waals surface area contributed by atoms with Gasteiger partial charge in [0.25, 0.3) is 0 Å².